The van der Waals surface area contributed by atoms with E-state index in [1.54, 1.807) is 27.9 Å². The minimum absolute atomic E-state index is 0.120. The monoisotopic (exact) mass is 401 g/mol. The quantitative estimate of drug-likeness (QED) is 0.510. The fourth-order valence-electron chi connectivity index (χ4n) is 3.16. The predicted octanol–water partition coefficient (Wildman–Crippen LogP) is 3.56. The first-order chi connectivity index (χ1) is 13.8. The van der Waals surface area contributed by atoms with Gasteiger partial charge in [-0.05, 0) is 51.3 Å². The number of nitrogens with one attached hydrogen (secondary N) is 1. The van der Waals surface area contributed by atoms with Crippen LogP contribution in [-0.2, 0) is 20.7 Å². The summed E-state index contributed by atoms with van der Waals surface area (Å²) in [4.78, 5) is 40.0. The number of methoxy groups -OCH3 is 1. The van der Waals surface area contributed by atoms with E-state index < -0.39 is 23.8 Å². The number of ether oxygens (including phenoxy) is 3. The second kappa shape index (κ2) is 9.91. The van der Waals surface area contributed by atoms with Gasteiger partial charge in [0.1, 0.15) is 5.75 Å². The Kier molecular flexibility index (Phi) is 7.59. The normalized spacial score (nSPS) is 11.6. The average Bonchev–Trinajstić information content (AvgIpc) is 3.00. The molecule has 0 spiro atoms. The Bertz CT molecular complexity index is 899. The first-order valence-corrected chi connectivity index (χ1v) is 9.51. The first-order valence-electron chi connectivity index (χ1n) is 9.51. The lowest BCUT2D eigenvalue weighted by Crippen LogP contribution is -2.25. The van der Waals surface area contributed by atoms with Crippen LogP contribution in [0.2, 0.25) is 0 Å². The van der Waals surface area contributed by atoms with Crippen molar-refractivity contribution in [2.45, 2.75) is 46.6 Å². The van der Waals surface area contributed by atoms with Crippen LogP contribution < -0.4 is 4.74 Å². The Balaban J connectivity index is 2.02. The highest BCUT2D eigenvalue weighted by Crippen LogP contribution is 2.22. The van der Waals surface area contributed by atoms with Crippen LogP contribution in [0.5, 0.6) is 5.75 Å². The SMILES string of the molecule is CCOC(=O)c1c(C)[nH]c(C(=O)C(C)OC(=O)CCc2ccccc2OC)c1C. The maximum Gasteiger partial charge on any atom is 0.340 e. The summed E-state index contributed by atoms with van der Waals surface area (Å²) in [5, 5.41) is 0. The molecule has 156 valence electrons. The van der Waals surface area contributed by atoms with Crippen LogP contribution >= 0.6 is 0 Å². The van der Waals surface area contributed by atoms with Crippen molar-refractivity contribution in [3.63, 3.8) is 0 Å². The largest absolute Gasteiger partial charge is 0.496 e. The molecule has 0 aliphatic rings. The van der Waals surface area contributed by atoms with Gasteiger partial charge in [0, 0.05) is 12.1 Å². The van der Waals surface area contributed by atoms with E-state index >= 15 is 0 Å². The molecule has 2 aromatic rings. The van der Waals surface area contributed by atoms with Gasteiger partial charge in [-0.1, -0.05) is 18.2 Å². The van der Waals surface area contributed by atoms with Crippen LogP contribution in [0.4, 0.5) is 0 Å². The molecule has 0 aliphatic heterocycles. The summed E-state index contributed by atoms with van der Waals surface area (Å²) in [6.07, 6.45) is -0.418. The van der Waals surface area contributed by atoms with Gasteiger partial charge in [0.05, 0.1) is 25.0 Å². The van der Waals surface area contributed by atoms with Crippen molar-refractivity contribution in [1.29, 1.82) is 0 Å². The topological polar surface area (TPSA) is 94.7 Å². The molecule has 1 atom stereocenters. The molecule has 29 heavy (non-hydrogen) atoms. The summed E-state index contributed by atoms with van der Waals surface area (Å²) in [6.45, 7) is 6.84. The summed E-state index contributed by atoms with van der Waals surface area (Å²) >= 11 is 0. The van der Waals surface area contributed by atoms with E-state index in [1.807, 2.05) is 24.3 Å². The van der Waals surface area contributed by atoms with E-state index in [9.17, 15) is 14.4 Å². The fraction of sp³-hybridized carbons (Fsp3) is 0.409. The number of aromatic nitrogens is 1. The number of hydrogen-bond acceptors (Lipinski definition) is 6. The zero-order valence-electron chi connectivity index (χ0n) is 17.5. The molecule has 0 saturated heterocycles. The number of para-hydroxylation sites is 1. The summed E-state index contributed by atoms with van der Waals surface area (Å²) < 4.78 is 15.6. The highest BCUT2D eigenvalue weighted by atomic mass is 16.5. The molecule has 2 rings (SSSR count). The molecule has 0 fully saturated rings. The standard InChI is InChI=1S/C22H27NO6/c1-6-28-22(26)19-13(2)20(23-14(19)3)21(25)15(4)29-18(24)12-11-16-9-7-8-10-17(16)27-5/h7-10,15,23H,6,11-12H2,1-5H3. The Morgan fingerprint density at radius 2 is 1.83 bits per heavy atom. The average molecular weight is 401 g/mol. The molecule has 7 nitrogen and oxygen atoms in total. The molecule has 0 radical (unpaired) electrons. The number of esters is 2. The highest BCUT2D eigenvalue weighted by Gasteiger charge is 2.27. The van der Waals surface area contributed by atoms with Gasteiger partial charge in [0.2, 0.25) is 5.78 Å². The lowest BCUT2D eigenvalue weighted by Gasteiger charge is -2.13. The second-order valence-electron chi connectivity index (χ2n) is 6.65. The van der Waals surface area contributed by atoms with Gasteiger partial charge >= 0.3 is 11.9 Å². The van der Waals surface area contributed by atoms with E-state index in [4.69, 9.17) is 14.2 Å². The molecular weight excluding hydrogens is 374 g/mol. The van der Waals surface area contributed by atoms with Gasteiger partial charge in [0.15, 0.2) is 6.10 Å². The molecule has 0 bridgehead atoms. The minimum Gasteiger partial charge on any atom is -0.496 e. The van der Waals surface area contributed by atoms with Crippen molar-refractivity contribution in [3.05, 3.63) is 52.3 Å². The van der Waals surface area contributed by atoms with Gasteiger partial charge < -0.3 is 19.2 Å². The maximum absolute atomic E-state index is 12.7. The second-order valence-corrected chi connectivity index (χ2v) is 6.65. The highest BCUT2D eigenvalue weighted by molar-refractivity contribution is 6.03. The van der Waals surface area contributed by atoms with Gasteiger partial charge in [-0.25, -0.2) is 4.79 Å². The number of Topliss-reactive ketones (excluding diaryl/α,β-unsaturated/α-hetero) is 1. The van der Waals surface area contributed by atoms with Crippen LogP contribution in [0.15, 0.2) is 24.3 Å². The third kappa shape index (κ3) is 5.25. The van der Waals surface area contributed by atoms with Gasteiger partial charge in [0.25, 0.3) is 0 Å². The van der Waals surface area contributed by atoms with Gasteiger partial charge in [-0.2, -0.15) is 0 Å². The van der Waals surface area contributed by atoms with Crippen LogP contribution in [0.25, 0.3) is 0 Å². The van der Waals surface area contributed by atoms with Crippen molar-refractivity contribution in [2.75, 3.05) is 13.7 Å². The van der Waals surface area contributed by atoms with E-state index in [2.05, 4.69) is 4.98 Å². The lowest BCUT2D eigenvalue weighted by atomic mass is 10.1. The van der Waals surface area contributed by atoms with Gasteiger partial charge in [-0.15, -0.1) is 0 Å². The molecule has 1 aromatic heterocycles. The number of aromatic amines is 1. The van der Waals surface area contributed by atoms with Crippen LogP contribution in [0.3, 0.4) is 0 Å². The van der Waals surface area contributed by atoms with Gasteiger partial charge in [-0.3, -0.25) is 9.59 Å². The molecule has 0 amide bonds. The molecule has 1 aromatic carbocycles. The molecular formula is C22H27NO6. The van der Waals surface area contributed by atoms with E-state index in [0.29, 0.717) is 29.0 Å². The zero-order valence-corrected chi connectivity index (χ0v) is 17.5. The fourth-order valence-corrected chi connectivity index (χ4v) is 3.16. The molecule has 0 aliphatic carbocycles. The Morgan fingerprint density at radius 1 is 1.14 bits per heavy atom. The summed E-state index contributed by atoms with van der Waals surface area (Å²) in [5.41, 5.74) is 2.50. The Labute approximate surface area is 170 Å². The Hall–Kier alpha value is -3.09. The van der Waals surface area contributed by atoms with E-state index in [0.717, 1.165) is 5.56 Å². The van der Waals surface area contributed by atoms with Crippen molar-refractivity contribution in [2.24, 2.45) is 0 Å². The smallest absolute Gasteiger partial charge is 0.340 e. The van der Waals surface area contributed by atoms with Crippen molar-refractivity contribution in [3.8, 4) is 5.75 Å². The summed E-state index contributed by atoms with van der Waals surface area (Å²) in [5.74, 6) is -0.664. The van der Waals surface area contributed by atoms with Crippen LogP contribution in [0.1, 0.15) is 57.9 Å². The number of ketones is 1. The number of hydrogen-bond donors (Lipinski definition) is 1. The zero-order chi connectivity index (χ0) is 21.6. The Morgan fingerprint density at radius 3 is 2.48 bits per heavy atom. The molecule has 7 heteroatoms. The number of rotatable bonds is 9. The van der Waals surface area contributed by atoms with Crippen LogP contribution in [-0.4, -0.2) is 42.5 Å². The number of benzene rings is 1. The van der Waals surface area contributed by atoms with Crippen LogP contribution in [0, 0.1) is 13.8 Å². The molecule has 1 N–H and O–H groups in total. The van der Waals surface area contributed by atoms with E-state index in [-0.39, 0.29) is 18.7 Å². The molecule has 1 heterocycles. The predicted molar refractivity (Wildman–Crippen MR) is 107 cm³/mol. The minimum atomic E-state index is -0.980. The lowest BCUT2D eigenvalue weighted by molar-refractivity contribution is -0.146. The third-order valence-electron chi connectivity index (χ3n) is 4.63. The molecule has 0 saturated carbocycles. The third-order valence-corrected chi connectivity index (χ3v) is 4.63. The van der Waals surface area contributed by atoms with Crippen molar-refractivity contribution < 1.29 is 28.6 Å². The molecule has 1 unspecified atom stereocenters. The van der Waals surface area contributed by atoms with Crippen molar-refractivity contribution >= 4 is 17.7 Å². The van der Waals surface area contributed by atoms with Crippen molar-refractivity contribution in [1.82, 2.24) is 4.98 Å². The number of carbonyl (C=O) groups excluding carboxylic acids is 3. The first kappa shape index (κ1) is 22.2. The summed E-state index contributed by atoms with van der Waals surface area (Å²) in [7, 11) is 1.57. The van der Waals surface area contributed by atoms with E-state index in [1.165, 1.54) is 6.92 Å². The number of carbonyl (C=O) groups is 3. The number of aryl methyl sites for hydroxylation is 2. The summed E-state index contributed by atoms with van der Waals surface area (Å²) in [6, 6.07) is 7.42. The maximum atomic E-state index is 12.7. The number of H-pyrrole nitrogens is 1.